The molecule has 0 saturated heterocycles. The summed E-state index contributed by atoms with van der Waals surface area (Å²) >= 11 is 1.52. The summed E-state index contributed by atoms with van der Waals surface area (Å²) in [7, 11) is -1.67. The first-order valence-corrected chi connectivity index (χ1v) is 8.64. The number of nitrogens with zero attached hydrogens (tertiary/aromatic N) is 2. The van der Waals surface area contributed by atoms with Gasteiger partial charge in [-0.1, -0.05) is 0 Å². The molecule has 1 unspecified atom stereocenters. The number of aromatic nitrogens is 1. The van der Waals surface area contributed by atoms with Crippen LogP contribution in [0, 0.1) is 18.3 Å². The molecule has 1 atom stereocenters. The van der Waals surface area contributed by atoms with Crippen molar-refractivity contribution in [3.05, 3.63) is 16.1 Å². The number of rotatable bonds is 3. The third-order valence-electron chi connectivity index (χ3n) is 1.45. The highest BCUT2D eigenvalue weighted by molar-refractivity contribution is 7.11. The Morgan fingerprint density at radius 1 is 1.57 bits per heavy atom. The molecule has 14 heavy (non-hydrogen) atoms. The van der Waals surface area contributed by atoms with Crippen LogP contribution in [0.5, 0.6) is 0 Å². The molecule has 1 aromatic heterocycles. The van der Waals surface area contributed by atoms with Crippen molar-refractivity contribution >= 4 is 19.7 Å². The van der Waals surface area contributed by atoms with Gasteiger partial charge < -0.3 is 4.43 Å². The van der Waals surface area contributed by atoms with Crippen LogP contribution in [0.2, 0.25) is 19.6 Å². The Kier molecular flexibility index (Phi) is 3.42. The van der Waals surface area contributed by atoms with Crippen molar-refractivity contribution in [1.82, 2.24) is 4.98 Å². The van der Waals surface area contributed by atoms with Crippen molar-refractivity contribution in [3.63, 3.8) is 0 Å². The number of hydrogen-bond acceptors (Lipinski definition) is 4. The van der Waals surface area contributed by atoms with Gasteiger partial charge in [0.25, 0.3) is 0 Å². The predicted molar refractivity (Wildman–Crippen MR) is 59.6 cm³/mol. The van der Waals surface area contributed by atoms with E-state index in [1.807, 2.05) is 6.92 Å². The van der Waals surface area contributed by atoms with Gasteiger partial charge in [0.15, 0.2) is 14.4 Å². The van der Waals surface area contributed by atoms with Crippen LogP contribution in [0.25, 0.3) is 0 Å². The van der Waals surface area contributed by atoms with Gasteiger partial charge in [-0.15, -0.1) is 11.3 Å². The summed E-state index contributed by atoms with van der Waals surface area (Å²) in [4.78, 5) is 5.27. The van der Waals surface area contributed by atoms with Crippen LogP contribution in [0.3, 0.4) is 0 Å². The highest BCUT2D eigenvalue weighted by atomic mass is 32.1. The molecular formula is C9H14N2OSSi. The topological polar surface area (TPSA) is 45.9 Å². The van der Waals surface area contributed by atoms with Gasteiger partial charge in [0, 0.05) is 11.1 Å². The third kappa shape index (κ3) is 3.22. The minimum Gasteiger partial charge on any atom is -0.397 e. The first kappa shape index (κ1) is 11.4. The van der Waals surface area contributed by atoms with Crippen LogP contribution >= 0.6 is 11.3 Å². The fraction of sp³-hybridized carbons (Fsp3) is 0.556. The first-order valence-electron chi connectivity index (χ1n) is 4.42. The molecule has 0 amide bonds. The summed E-state index contributed by atoms with van der Waals surface area (Å²) in [6, 6.07) is 2.15. The van der Waals surface area contributed by atoms with Crippen molar-refractivity contribution < 1.29 is 4.43 Å². The lowest BCUT2D eigenvalue weighted by atomic mass is 10.4. The molecule has 5 heteroatoms. The standard InChI is InChI=1S/C9H14N2OSSi/c1-7-6-11-9(13-7)8(5-10)12-14(2,3)4/h6,8H,1-4H3. The van der Waals surface area contributed by atoms with Crippen LogP contribution in [-0.2, 0) is 4.43 Å². The molecule has 0 aromatic carbocycles. The summed E-state index contributed by atoms with van der Waals surface area (Å²) < 4.78 is 5.71. The minimum atomic E-state index is -1.67. The minimum absolute atomic E-state index is 0.486. The third-order valence-corrected chi connectivity index (χ3v) is 3.35. The summed E-state index contributed by atoms with van der Waals surface area (Å²) in [5.41, 5.74) is 0. The van der Waals surface area contributed by atoms with Gasteiger partial charge in [-0.05, 0) is 26.6 Å². The second kappa shape index (κ2) is 4.21. The number of aryl methyl sites for hydroxylation is 1. The molecule has 1 rings (SSSR count). The molecule has 0 saturated carbocycles. The van der Waals surface area contributed by atoms with Crippen LogP contribution in [-0.4, -0.2) is 13.3 Å². The van der Waals surface area contributed by atoms with E-state index < -0.39 is 14.4 Å². The van der Waals surface area contributed by atoms with Crippen molar-refractivity contribution in [2.75, 3.05) is 0 Å². The SMILES string of the molecule is Cc1cnc(C(C#N)O[Si](C)(C)C)s1. The largest absolute Gasteiger partial charge is 0.397 e. The Morgan fingerprint density at radius 3 is 2.57 bits per heavy atom. The first-order chi connectivity index (χ1) is 6.42. The molecule has 0 N–H and O–H groups in total. The zero-order chi connectivity index (χ0) is 10.8. The smallest absolute Gasteiger partial charge is 0.186 e. The molecule has 0 spiro atoms. The normalized spacial score (nSPS) is 13.6. The molecule has 0 aliphatic rings. The predicted octanol–water partition coefficient (Wildman–Crippen LogP) is 2.87. The van der Waals surface area contributed by atoms with Crippen LogP contribution in [0.4, 0.5) is 0 Å². The maximum Gasteiger partial charge on any atom is 0.186 e. The highest BCUT2D eigenvalue weighted by Gasteiger charge is 2.24. The van der Waals surface area contributed by atoms with Crippen molar-refractivity contribution in [1.29, 1.82) is 5.26 Å². The molecule has 0 aliphatic heterocycles. The van der Waals surface area contributed by atoms with Gasteiger partial charge in [0.05, 0.1) is 0 Å². The van der Waals surface area contributed by atoms with E-state index in [1.165, 1.54) is 11.3 Å². The summed E-state index contributed by atoms with van der Waals surface area (Å²) in [5.74, 6) is 0. The molecule has 3 nitrogen and oxygen atoms in total. The Balaban J connectivity index is 2.79. The lowest BCUT2D eigenvalue weighted by Gasteiger charge is -2.19. The van der Waals surface area contributed by atoms with E-state index in [9.17, 15) is 0 Å². The summed E-state index contributed by atoms with van der Waals surface area (Å²) in [6.07, 6.45) is 1.29. The number of hydrogen-bond donors (Lipinski definition) is 0. The van der Waals surface area contributed by atoms with Gasteiger partial charge in [-0.2, -0.15) is 5.26 Å². The Bertz CT molecular complexity index is 350. The molecule has 76 valence electrons. The van der Waals surface area contributed by atoms with E-state index >= 15 is 0 Å². The van der Waals surface area contributed by atoms with E-state index in [1.54, 1.807) is 6.20 Å². The Labute approximate surface area is 89.5 Å². The fourth-order valence-electron chi connectivity index (χ4n) is 0.979. The zero-order valence-electron chi connectivity index (χ0n) is 8.87. The van der Waals surface area contributed by atoms with E-state index in [0.29, 0.717) is 0 Å². The maximum absolute atomic E-state index is 8.97. The molecule has 1 heterocycles. The lowest BCUT2D eigenvalue weighted by Crippen LogP contribution is -2.27. The molecule has 1 aromatic rings. The monoisotopic (exact) mass is 226 g/mol. The second-order valence-corrected chi connectivity index (χ2v) is 9.78. The number of nitriles is 1. The maximum atomic E-state index is 8.97. The average molecular weight is 226 g/mol. The summed E-state index contributed by atoms with van der Waals surface area (Å²) in [5, 5.41) is 9.74. The number of thiazole rings is 1. The Hall–Kier alpha value is -0.703. The molecule has 0 aliphatic carbocycles. The van der Waals surface area contributed by atoms with Gasteiger partial charge >= 0.3 is 0 Å². The van der Waals surface area contributed by atoms with E-state index in [0.717, 1.165) is 9.88 Å². The quantitative estimate of drug-likeness (QED) is 0.744. The van der Waals surface area contributed by atoms with E-state index in [4.69, 9.17) is 9.69 Å². The fourth-order valence-corrected chi connectivity index (χ4v) is 2.68. The van der Waals surface area contributed by atoms with Crippen molar-refractivity contribution in [2.45, 2.75) is 32.7 Å². The van der Waals surface area contributed by atoms with Gasteiger partial charge in [-0.25, -0.2) is 4.98 Å². The molecular weight excluding hydrogens is 212 g/mol. The van der Waals surface area contributed by atoms with Crippen LogP contribution < -0.4 is 0 Å². The molecule has 0 radical (unpaired) electrons. The van der Waals surface area contributed by atoms with Crippen LogP contribution in [0.15, 0.2) is 6.20 Å². The second-order valence-electron chi connectivity index (χ2n) is 4.05. The lowest BCUT2D eigenvalue weighted by molar-refractivity contribution is 0.254. The average Bonchev–Trinajstić information content (AvgIpc) is 2.46. The van der Waals surface area contributed by atoms with E-state index in [-0.39, 0.29) is 0 Å². The highest BCUT2D eigenvalue weighted by Crippen LogP contribution is 2.25. The summed E-state index contributed by atoms with van der Waals surface area (Å²) in [6.45, 7) is 8.18. The zero-order valence-corrected chi connectivity index (χ0v) is 10.7. The van der Waals surface area contributed by atoms with Crippen molar-refractivity contribution in [2.24, 2.45) is 0 Å². The molecule has 0 fully saturated rings. The van der Waals surface area contributed by atoms with Gasteiger partial charge in [-0.3, -0.25) is 0 Å². The van der Waals surface area contributed by atoms with Gasteiger partial charge in [0.1, 0.15) is 11.1 Å². The van der Waals surface area contributed by atoms with Gasteiger partial charge in [0.2, 0.25) is 0 Å². The van der Waals surface area contributed by atoms with Crippen LogP contribution in [0.1, 0.15) is 16.0 Å². The van der Waals surface area contributed by atoms with Crippen molar-refractivity contribution in [3.8, 4) is 6.07 Å². The van der Waals surface area contributed by atoms with E-state index in [2.05, 4.69) is 30.7 Å². The molecule has 0 bridgehead atoms. The Morgan fingerprint density at radius 2 is 2.21 bits per heavy atom.